The summed E-state index contributed by atoms with van der Waals surface area (Å²) in [6.07, 6.45) is 4.19. The van der Waals surface area contributed by atoms with Crippen molar-refractivity contribution in [3.05, 3.63) is 28.7 Å². The molecule has 1 aliphatic carbocycles. The van der Waals surface area contributed by atoms with Crippen molar-refractivity contribution in [2.75, 3.05) is 0 Å². The highest BCUT2D eigenvalue weighted by Gasteiger charge is 2.21. The van der Waals surface area contributed by atoms with E-state index in [0.717, 1.165) is 19.3 Å². The van der Waals surface area contributed by atoms with Gasteiger partial charge in [0.2, 0.25) is 5.91 Å². The minimum Gasteiger partial charge on any atom is -0.349 e. The molecule has 0 radical (unpaired) electrons. The summed E-state index contributed by atoms with van der Waals surface area (Å²) in [7, 11) is 0. The SMILES string of the molecule is C=CC(=O)N[C@H]1CCc2ncsc2C1. The smallest absolute Gasteiger partial charge is 0.243 e. The fraction of sp³-hybridized carbons (Fsp3) is 0.400. The molecule has 1 aromatic rings. The molecule has 0 fully saturated rings. The van der Waals surface area contributed by atoms with Crippen LogP contribution in [0.25, 0.3) is 0 Å². The van der Waals surface area contributed by atoms with Gasteiger partial charge in [-0.2, -0.15) is 0 Å². The fourth-order valence-electron chi connectivity index (χ4n) is 1.68. The Balaban J connectivity index is 2.00. The third kappa shape index (κ3) is 1.85. The van der Waals surface area contributed by atoms with Crippen molar-refractivity contribution in [2.45, 2.75) is 25.3 Å². The van der Waals surface area contributed by atoms with Crippen molar-refractivity contribution >= 4 is 17.2 Å². The van der Waals surface area contributed by atoms with Gasteiger partial charge in [-0.3, -0.25) is 4.79 Å². The first-order valence-electron chi connectivity index (χ1n) is 4.63. The summed E-state index contributed by atoms with van der Waals surface area (Å²) >= 11 is 1.68. The van der Waals surface area contributed by atoms with Crippen LogP contribution in [-0.4, -0.2) is 16.9 Å². The Bertz CT molecular complexity index is 359. The number of rotatable bonds is 2. The highest BCUT2D eigenvalue weighted by atomic mass is 32.1. The van der Waals surface area contributed by atoms with E-state index in [1.54, 1.807) is 11.3 Å². The first-order chi connectivity index (χ1) is 6.79. The number of aryl methyl sites for hydroxylation is 1. The molecule has 1 aromatic heterocycles. The molecule has 0 aliphatic heterocycles. The fourth-order valence-corrected chi connectivity index (χ4v) is 2.58. The molecule has 14 heavy (non-hydrogen) atoms. The summed E-state index contributed by atoms with van der Waals surface area (Å²) in [6.45, 7) is 3.44. The lowest BCUT2D eigenvalue weighted by atomic mass is 9.98. The summed E-state index contributed by atoms with van der Waals surface area (Å²) < 4.78 is 0. The monoisotopic (exact) mass is 208 g/mol. The topological polar surface area (TPSA) is 42.0 Å². The Morgan fingerprint density at radius 1 is 1.79 bits per heavy atom. The molecule has 1 N–H and O–H groups in total. The maximum absolute atomic E-state index is 11.1. The van der Waals surface area contributed by atoms with Crippen LogP contribution in [0.1, 0.15) is 17.0 Å². The molecule has 3 nitrogen and oxygen atoms in total. The van der Waals surface area contributed by atoms with E-state index in [0.29, 0.717) is 0 Å². The van der Waals surface area contributed by atoms with Gasteiger partial charge in [-0.25, -0.2) is 4.98 Å². The van der Waals surface area contributed by atoms with E-state index < -0.39 is 0 Å². The molecule has 1 aliphatic rings. The number of hydrogen-bond acceptors (Lipinski definition) is 3. The Morgan fingerprint density at radius 3 is 3.43 bits per heavy atom. The molecule has 0 saturated heterocycles. The minimum atomic E-state index is -0.0806. The van der Waals surface area contributed by atoms with Gasteiger partial charge in [0.25, 0.3) is 0 Å². The molecule has 2 rings (SSSR count). The minimum absolute atomic E-state index is 0.0806. The summed E-state index contributed by atoms with van der Waals surface area (Å²) in [4.78, 5) is 16.7. The Morgan fingerprint density at radius 2 is 2.64 bits per heavy atom. The molecule has 0 spiro atoms. The first kappa shape index (κ1) is 9.40. The third-order valence-corrected chi connectivity index (χ3v) is 3.32. The van der Waals surface area contributed by atoms with E-state index >= 15 is 0 Å². The molecule has 0 bridgehead atoms. The molecule has 0 saturated carbocycles. The summed E-state index contributed by atoms with van der Waals surface area (Å²) in [6, 6.07) is 0.258. The predicted octanol–water partition coefficient (Wildman–Crippen LogP) is 1.30. The van der Waals surface area contributed by atoms with E-state index in [9.17, 15) is 4.79 Å². The lowest BCUT2D eigenvalue weighted by Crippen LogP contribution is -2.37. The summed E-state index contributed by atoms with van der Waals surface area (Å²) in [5, 5.41) is 2.92. The Labute approximate surface area is 86.9 Å². The quantitative estimate of drug-likeness (QED) is 0.744. The van der Waals surface area contributed by atoms with Crippen LogP contribution < -0.4 is 5.32 Å². The van der Waals surface area contributed by atoms with Crippen molar-refractivity contribution in [2.24, 2.45) is 0 Å². The zero-order chi connectivity index (χ0) is 9.97. The lowest BCUT2D eigenvalue weighted by Gasteiger charge is -2.21. The van der Waals surface area contributed by atoms with Crippen molar-refractivity contribution in [1.29, 1.82) is 0 Å². The molecule has 1 atom stereocenters. The summed E-state index contributed by atoms with van der Waals surface area (Å²) in [5.74, 6) is -0.0806. The van der Waals surface area contributed by atoms with Crippen LogP contribution >= 0.6 is 11.3 Å². The van der Waals surface area contributed by atoms with Crippen LogP contribution in [0.2, 0.25) is 0 Å². The Kier molecular flexibility index (Phi) is 2.63. The summed E-state index contributed by atoms with van der Waals surface area (Å²) in [5.41, 5.74) is 3.08. The molecular formula is C10H12N2OS. The maximum atomic E-state index is 11.1. The van der Waals surface area contributed by atoms with Crippen molar-refractivity contribution < 1.29 is 4.79 Å². The van der Waals surface area contributed by atoms with Crippen molar-refractivity contribution in [3.8, 4) is 0 Å². The van der Waals surface area contributed by atoms with E-state index in [2.05, 4.69) is 16.9 Å². The third-order valence-electron chi connectivity index (χ3n) is 2.42. The second kappa shape index (κ2) is 3.92. The normalized spacial score (nSPS) is 19.9. The highest BCUT2D eigenvalue weighted by molar-refractivity contribution is 7.09. The molecule has 0 aromatic carbocycles. The average Bonchev–Trinajstić information content (AvgIpc) is 2.64. The zero-order valence-corrected chi connectivity index (χ0v) is 8.64. The van der Waals surface area contributed by atoms with E-state index in [4.69, 9.17) is 0 Å². The first-order valence-corrected chi connectivity index (χ1v) is 5.51. The van der Waals surface area contributed by atoms with Gasteiger partial charge in [0.1, 0.15) is 0 Å². The van der Waals surface area contributed by atoms with Gasteiger partial charge in [-0.15, -0.1) is 11.3 Å². The molecule has 1 heterocycles. The average molecular weight is 208 g/mol. The number of carbonyl (C=O) groups excluding carboxylic acids is 1. The Hall–Kier alpha value is -1.16. The van der Waals surface area contributed by atoms with Crippen LogP contribution in [-0.2, 0) is 17.6 Å². The number of thiazole rings is 1. The number of fused-ring (bicyclic) bond motifs is 1. The van der Waals surface area contributed by atoms with E-state index in [-0.39, 0.29) is 11.9 Å². The molecule has 0 unspecified atom stereocenters. The van der Waals surface area contributed by atoms with Gasteiger partial charge >= 0.3 is 0 Å². The van der Waals surface area contributed by atoms with Crippen LogP contribution in [0.5, 0.6) is 0 Å². The van der Waals surface area contributed by atoms with Gasteiger partial charge < -0.3 is 5.32 Å². The standard InChI is InChI=1S/C10H12N2OS/c1-2-10(13)12-7-3-4-8-9(5-7)14-6-11-8/h2,6-7H,1,3-5H2,(H,12,13)/t7-/m0/s1. The van der Waals surface area contributed by atoms with Gasteiger partial charge in [-0.1, -0.05) is 6.58 Å². The second-order valence-electron chi connectivity index (χ2n) is 3.37. The van der Waals surface area contributed by atoms with Gasteiger partial charge in [0.15, 0.2) is 0 Å². The van der Waals surface area contributed by atoms with Crippen molar-refractivity contribution in [1.82, 2.24) is 10.3 Å². The van der Waals surface area contributed by atoms with Crippen molar-refractivity contribution in [3.63, 3.8) is 0 Å². The van der Waals surface area contributed by atoms with Crippen LogP contribution in [0.4, 0.5) is 0 Å². The maximum Gasteiger partial charge on any atom is 0.243 e. The number of hydrogen-bond donors (Lipinski definition) is 1. The van der Waals surface area contributed by atoms with E-state index in [1.165, 1.54) is 16.6 Å². The number of nitrogens with one attached hydrogen (secondary N) is 1. The number of amides is 1. The van der Waals surface area contributed by atoms with Gasteiger partial charge in [0.05, 0.1) is 11.2 Å². The predicted molar refractivity (Wildman–Crippen MR) is 56.3 cm³/mol. The highest BCUT2D eigenvalue weighted by Crippen LogP contribution is 2.23. The van der Waals surface area contributed by atoms with Crippen LogP contribution in [0, 0.1) is 0 Å². The zero-order valence-electron chi connectivity index (χ0n) is 7.82. The largest absolute Gasteiger partial charge is 0.349 e. The number of aromatic nitrogens is 1. The lowest BCUT2D eigenvalue weighted by molar-refractivity contribution is -0.117. The molecule has 74 valence electrons. The molecule has 1 amide bonds. The van der Waals surface area contributed by atoms with Gasteiger partial charge in [-0.05, 0) is 18.9 Å². The number of carbonyl (C=O) groups is 1. The molecular weight excluding hydrogens is 196 g/mol. The van der Waals surface area contributed by atoms with E-state index in [1.807, 2.05) is 5.51 Å². The molecule has 4 heteroatoms. The van der Waals surface area contributed by atoms with Crippen LogP contribution in [0.3, 0.4) is 0 Å². The van der Waals surface area contributed by atoms with Gasteiger partial charge in [0, 0.05) is 17.3 Å². The van der Waals surface area contributed by atoms with Crippen LogP contribution in [0.15, 0.2) is 18.2 Å². The number of nitrogens with zero attached hydrogens (tertiary/aromatic N) is 1. The second-order valence-corrected chi connectivity index (χ2v) is 4.31.